The summed E-state index contributed by atoms with van der Waals surface area (Å²) in [4.78, 5) is 20.6. The number of carboxylic acid groups (broad SMARTS) is 1. The fourth-order valence-corrected chi connectivity index (χ4v) is 3.61. The molecule has 1 fully saturated rings. The van der Waals surface area contributed by atoms with E-state index in [1.54, 1.807) is 24.3 Å². The van der Waals surface area contributed by atoms with Gasteiger partial charge in [-0.15, -0.1) is 0 Å². The maximum atomic E-state index is 11.1. The van der Waals surface area contributed by atoms with Crippen LogP contribution in [0.5, 0.6) is 0 Å². The molecule has 0 radical (unpaired) electrons. The van der Waals surface area contributed by atoms with Crippen LogP contribution in [0.3, 0.4) is 0 Å². The molecule has 0 aliphatic carbocycles. The maximum absolute atomic E-state index is 11.1. The number of benzene rings is 3. The van der Waals surface area contributed by atoms with Gasteiger partial charge in [-0.05, 0) is 42.0 Å². The molecule has 0 spiro atoms. The summed E-state index contributed by atoms with van der Waals surface area (Å²) in [6, 6.07) is 27.4. The summed E-state index contributed by atoms with van der Waals surface area (Å²) in [7, 11) is 0. The number of carboxylic acids is 1. The second-order valence-corrected chi connectivity index (χ2v) is 7.44. The summed E-state index contributed by atoms with van der Waals surface area (Å²) < 4.78 is 0. The Morgan fingerprint density at radius 2 is 1.45 bits per heavy atom. The van der Waals surface area contributed by atoms with Gasteiger partial charge in [0.15, 0.2) is 5.96 Å². The van der Waals surface area contributed by atoms with Crippen molar-refractivity contribution in [3.63, 3.8) is 0 Å². The van der Waals surface area contributed by atoms with E-state index in [-0.39, 0.29) is 5.56 Å². The summed E-state index contributed by atoms with van der Waals surface area (Å²) in [5.41, 5.74) is 3.47. The molecule has 0 unspecified atom stereocenters. The highest BCUT2D eigenvalue weighted by Gasteiger charge is 2.20. The van der Waals surface area contributed by atoms with Gasteiger partial charge >= 0.3 is 5.97 Å². The Hall–Kier alpha value is -3.80. The average molecular weight is 415 g/mol. The SMILES string of the molecule is O=C(O)c1ccc(NC(=NCc2ccccc2)N2CCN(c3ccccc3)CC2)cc1. The number of anilines is 2. The zero-order valence-electron chi connectivity index (χ0n) is 17.3. The summed E-state index contributed by atoms with van der Waals surface area (Å²) >= 11 is 0. The average Bonchev–Trinajstić information content (AvgIpc) is 2.83. The normalized spacial score (nSPS) is 14.4. The molecule has 31 heavy (non-hydrogen) atoms. The minimum Gasteiger partial charge on any atom is -0.478 e. The van der Waals surface area contributed by atoms with E-state index in [0.717, 1.165) is 43.4 Å². The zero-order valence-corrected chi connectivity index (χ0v) is 17.3. The molecule has 1 aliphatic heterocycles. The molecule has 4 rings (SSSR count). The molecule has 0 bridgehead atoms. The maximum Gasteiger partial charge on any atom is 0.335 e. The van der Waals surface area contributed by atoms with Crippen molar-refractivity contribution in [2.45, 2.75) is 6.54 Å². The van der Waals surface area contributed by atoms with Crippen LogP contribution in [0.4, 0.5) is 11.4 Å². The lowest BCUT2D eigenvalue weighted by molar-refractivity contribution is 0.0697. The molecule has 6 nitrogen and oxygen atoms in total. The largest absolute Gasteiger partial charge is 0.478 e. The third-order valence-corrected chi connectivity index (χ3v) is 5.34. The van der Waals surface area contributed by atoms with Gasteiger partial charge in [-0.2, -0.15) is 0 Å². The van der Waals surface area contributed by atoms with Crippen LogP contribution in [0.25, 0.3) is 0 Å². The number of hydrogen-bond donors (Lipinski definition) is 2. The molecule has 2 N–H and O–H groups in total. The van der Waals surface area contributed by atoms with E-state index in [2.05, 4.69) is 51.5 Å². The Morgan fingerprint density at radius 1 is 0.839 bits per heavy atom. The molecule has 0 atom stereocenters. The van der Waals surface area contributed by atoms with Crippen molar-refractivity contribution in [2.75, 3.05) is 36.4 Å². The standard InChI is InChI=1S/C25H26N4O2/c30-24(31)21-11-13-22(14-12-21)27-25(26-19-20-7-3-1-4-8-20)29-17-15-28(16-18-29)23-9-5-2-6-10-23/h1-14H,15-19H2,(H,26,27)(H,30,31). The van der Waals surface area contributed by atoms with Crippen molar-refractivity contribution < 1.29 is 9.90 Å². The van der Waals surface area contributed by atoms with Gasteiger partial charge in [0.25, 0.3) is 0 Å². The van der Waals surface area contributed by atoms with Gasteiger partial charge < -0.3 is 20.2 Å². The lowest BCUT2D eigenvalue weighted by atomic mass is 10.2. The summed E-state index contributed by atoms with van der Waals surface area (Å²) in [6.45, 7) is 4.10. The first-order chi connectivity index (χ1) is 15.2. The second-order valence-electron chi connectivity index (χ2n) is 7.44. The fourth-order valence-electron chi connectivity index (χ4n) is 3.61. The van der Waals surface area contributed by atoms with Gasteiger partial charge in [-0.3, -0.25) is 0 Å². The molecule has 0 amide bonds. The van der Waals surface area contributed by atoms with Crippen molar-refractivity contribution in [3.05, 3.63) is 96.1 Å². The highest BCUT2D eigenvalue weighted by atomic mass is 16.4. The first kappa shape index (κ1) is 20.5. The van der Waals surface area contributed by atoms with Crippen LogP contribution >= 0.6 is 0 Å². The number of aliphatic imine (C=N–C) groups is 1. The highest BCUT2D eigenvalue weighted by molar-refractivity contribution is 5.95. The first-order valence-electron chi connectivity index (χ1n) is 10.4. The summed E-state index contributed by atoms with van der Waals surface area (Å²) in [6.07, 6.45) is 0. The summed E-state index contributed by atoms with van der Waals surface area (Å²) in [5.74, 6) is -0.124. The Labute approximate surface area is 182 Å². The number of aromatic carboxylic acids is 1. The Kier molecular flexibility index (Phi) is 6.47. The predicted octanol–water partition coefficient (Wildman–Crippen LogP) is 4.18. The van der Waals surface area contributed by atoms with E-state index in [9.17, 15) is 4.79 Å². The van der Waals surface area contributed by atoms with Crippen LogP contribution in [0.15, 0.2) is 89.9 Å². The van der Waals surface area contributed by atoms with Crippen molar-refractivity contribution >= 4 is 23.3 Å². The molecule has 3 aromatic carbocycles. The monoisotopic (exact) mass is 414 g/mol. The fraction of sp³-hybridized carbons (Fsp3) is 0.200. The number of nitrogens with zero attached hydrogens (tertiary/aromatic N) is 3. The number of nitrogens with one attached hydrogen (secondary N) is 1. The van der Waals surface area contributed by atoms with Crippen molar-refractivity contribution in [1.82, 2.24) is 4.90 Å². The van der Waals surface area contributed by atoms with E-state index in [0.29, 0.717) is 6.54 Å². The van der Waals surface area contributed by atoms with E-state index < -0.39 is 5.97 Å². The number of carbonyl (C=O) groups is 1. The summed E-state index contributed by atoms with van der Waals surface area (Å²) in [5, 5.41) is 12.5. The number of rotatable bonds is 5. The first-order valence-corrected chi connectivity index (χ1v) is 10.4. The van der Waals surface area contributed by atoms with E-state index in [4.69, 9.17) is 10.1 Å². The second kappa shape index (κ2) is 9.80. The van der Waals surface area contributed by atoms with Gasteiger partial charge in [-0.25, -0.2) is 9.79 Å². The van der Waals surface area contributed by atoms with Crippen molar-refractivity contribution in [1.29, 1.82) is 0 Å². The smallest absolute Gasteiger partial charge is 0.335 e. The van der Waals surface area contributed by atoms with Gasteiger partial charge in [0.1, 0.15) is 0 Å². The number of guanidine groups is 1. The molecule has 1 aliphatic rings. The van der Waals surface area contributed by atoms with Crippen molar-refractivity contribution in [2.24, 2.45) is 4.99 Å². The van der Waals surface area contributed by atoms with Crippen LogP contribution in [0.1, 0.15) is 15.9 Å². The number of para-hydroxylation sites is 1. The third kappa shape index (κ3) is 5.42. The van der Waals surface area contributed by atoms with Gasteiger partial charge in [-0.1, -0.05) is 48.5 Å². The van der Waals surface area contributed by atoms with Crippen LogP contribution in [0, 0.1) is 0 Å². The van der Waals surface area contributed by atoms with Crippen LogP contribution < -0.4 is 10.2 Å². The number of hydrogen-bond acceptors (Lipinski definition) is 3. The molecule has 3 aromatic rings. The Bertz CT molecular complexity index is 1010. The highest BCUT2D eigenvalue weighted by Crippen LogP contribution is 2.17. The topological polar surface area (TPSA) is 68.2 Å². The lowest BCUT2D eigenvalue weighted by Crippen LogP contribution is -2.50. The molecular formula is C25H26N4O2. The van der Waals surface area contributed by atoms with Crippen LogP contribution in [-0.4, -0.2) is 48.1 Å². The lowest BCUT2D eigenvalue weighted by Gasteiger charge is -2.37. The molecular weight excluding hydrogens is 388 g/mol. The molecule has 0 saturated carbocycles. The molecule has 1 heterocycles. The molecule has 1 saturated heterocycles. The van der Waals surface area contributed by atoms with E-state index in [1.807, 2.05) is 24.3 Å². The van der Waals surface area contributed by atoms with E-state index >= 15 is 0 Å². The third-order valence-electron chi connectivity index (χ3n) is 5.34. The zero-order chi connectivity index (χ0) is 21.5. The number of piperazine rings is 1. The van der Waals surface area contributed by atoms with E-state index in [1.165, 1.54) is 5.69 Å². The quantitative estimate of drug-likeness (QED) is 0.484. The minimum absolute atomic E-state index is 0.268. The molecule has 158 valence electrons. The molecule has 0 aromatic heterocycles. The van der Waals surface area contributed by atoms with Crippen LogP contribution in [-0.2, 0) is 6.54 Å². The van der Waals surface area contributed by atoms with Crippen molar-refractivity contribution in [3.8, 4) is 0 Å². The van der Waals surface area contributed by atoms with Crippen LogP contribution in [0.2, 0.25) is 0 Å². The van der Waals surface area contributed by atoms with Gasteiger partial charge in [0.05, 0.1) is 12.1 Å². The Morgan fingerprint density at radius 3 is 2.06 bits per heavy atom. The molecule has 6 heteroatoms. The predicted molar refractivity (Wildman–Crippen MR) is 125 cm³/mol. The minimum atomic E-state index is -0.929. The van der Waals surface area contributed by atoms with Gasteiger partial charge in [0, 0.05) is 37.6 Å². The van der Waals surface area contributed by atoms with Gasteiger partial charge in [0.2, 0.25) is 0 Å². The Balaban J connectivity index is 1.49.